The van der Waals surface area contributed by atoms with Gasteiger partial charge >= 0.3 is 11.9 Å². The van der Waals surface area contributed by atoms with Crippen LogP contribution in [0.3, 0.4) is 0 Å². The standard InChI is InChI=1S/C25H21FN2O6S/c1-33-24(29)11-15-6-7-18-16(10-15)4-2-5-23(18)35(31,32)27-25(30)22-14-19-20(26)12-17(13-21(19)34-22)28-8-3-9-28/h2,4-7,10,12-14H,3,8-9,11H2,1H3,(H,27,30). The third-order valence-corrected chi connectivity index (χ3v) is 7.40. The predicted octanol–water partition coefficient (Wildman–Crippen LogP) is 3.77. The summed E-state index contributed by atoms with van der Waals surface area (Å²) in [5.41, 5.74) is 1.47. The average Bonchev–Trinajstić information content (AvgIpc) is 3.22. The first-order valence-corrected chi connectivity index (χ1v) is 12.4. The fourth-order valence-electron chi connectivity index (χ4n) is 4.07. The number of nitrogens with one attached hydrogen (secondary N) is 1. The van der Waals surface area contributed by atoms with Gasteiger partial charge in [-0.15, -0.1) is 0 Å². The summed E-state index contributed by atoms with van der Waals surface area (Å²) in [6, 6.07) is 13.7. The van der Waals surface area contributed by atoms with E-state index in [0.29, 0.717) is 22.0 Å². The van der Waals surface area contributed by atoms with E-state index < -0.39 is 27.7 Å². The van der Waals surface area contributed by atoms with Crippen LogP contribution in [0, 0.1) is 5.82 Å². The van der Waals surface area contributed by atoms with Crippen molar-refractivity contribution in [2.75, 3.05) is 25.1 Å². The van der Waals surface area contributed by atoms with Gasteiger partial charge < -0.3 is 14.1 Å². The molecule has 1 aliphatic rings. The summed E-state index contributed by atoms with van der Waals surface area (Å²) < 4.78 is 52.9. The van der Waals surface area contributed by atoms with Crippen molar-refractivity contribution < 1.29 is 31.6 Å². The number of ether oxygens (including phenoxy) is 1. The molecule has 0 atom stereocenters. The smallest absolute Gasteiger partial charge is 0.309 e. The first kappa shape index (κ1) is 22.9. The zero-order chi connectivity index (χ0) is 24.7. The molecule has 0 saturated carbocycles. The van der Waals surface area contributed by atoms with Gasteiger partial charge in [-0.1, -0.05) is 30.3 Å². The Labute approximate surface area is 200 Å². The maximum atomic E-state index is 14.6. The summed E-state index contributed by atoms with van der Waals surface area (Å²) >= 11 is 0. The number of fused-ring (bicyclic) bond motifs is 2. The molecule has 8 nitrogen and oxygen atoms in total. The molecule has 1 amide bonds. The molecule has 1 aromatic heterocycles. The van der Waals surface area contributed by atoms with E-state index in [1.807, 2.05) is 9.62 Å². The Morgan fingerprint density at radius 1 is 1.09 bits per heavy atom. The van der Waals surface area contributed by atoms with E-state index in [1.54, 1.807) is 30.3 Å². The number of carbonyl (C=O) groups excluding carboxylic acids is 2. The van der Waals surface area contributed by atoms with Crippen LogP contribution in [0.1, 0.15) is 22.5 Å². The number of halogens is 1. The molecule has 0 radical (unpaired) electrons. The van der Waals surface area contributed by atoms with E-state index in [0.717, 1.165) is 19.5 Å². The Morgan fingerprint density at radius 3 is 2.60 bits per heavy atom. The van der Waals surface area contributed by atoms with Gasteiger partial charge in [0.15, 0.2) is 5.76 Å². The quantitative estimate of drug-likeness (QED) is 0.405. The molecule has 0 bridgehead atoms. The average molecular weight is 497 g/mol. The van der Waals surface area contributed by atoms with Crippen molar-refractivity contribution >= 4 is 49.3 Å². The second kappa shape index (κ2) is 8.70. The predicted molar refractivity (Wildman–Crippen MR) is 127 cm³/mol. The van der Waals surface area contributed by atoms with Crippen LogP contribution in [0.5, 0.6) is 0 Å². The van der Waals surface area contributed by atoms with Crippen LogP contribution >= 0.6 is 0 Å². The number of furan rings is 1. The molecule has 1 saturated heterocycles. The number of nitrogens with zero attached hydrogens (tertiary/aromatic N) is 1. The number of methoxy groups -OCH3 is 1. The molecule has 0 unspecified atom stereocenters. The minimum absolute atomic E-state index is 0.0439. The van der Waals surface area contributed by atoms with Gasteiger partial charge in [0, 0.05) is 36.3 Å². The summed E-state index contributed by atoms with van der Waals surface area (Å²) in [5.74, 6) is -2.29. The van der Waals surface area contributed by atoms with Crippen molar-refractivity contribution in [3.05, 3.63) is 71.7 Å². The lowest BCUT2D eigenvalue weighted by Gasteiger charge is -2.33. The number of hydrogen-bond acceptors (Lipinski definition) is 7. The molecule has 1 N–H and O–H groups in total. The Kier molecular flexibility index (Phi) is 5.68. The molecule has 4 aromatic rings. The Morgan fingerprint density at radius 2 is 1.89 bits per heavy atom. The minimum Gasteiger partial charge on any atom is -0.469 e. The fraction of sp³-hybridized carbons (Fsp3) is 0.200. The summed E-state index contributed by atoms with van der Waals surface area (Å²) in [6.45, 7) is 1.62. The molecule has 1 aliphatic heterocycles. The van der Waals surface area contributed by atoms with Gasteiger partial charge in [0.05, 0.1) is 23.8 Å². The van der Waals surface area contributed by atoms with Gasteiger partial charge in [-0.05, 0) is 29.5 Å². The first-order chi connectivity index (χ1) is 16.7. The van der Waals surface area contributed by atoms with Crippen LogP contribution in [0.15, 0.2) is 63.9 Å². The van der Waals surface area contributed by atoms with E-state index in [1.165, 1.54) is 31.4 Å². The van der Waals surface area contributed by atoms with Crippen LogP contribution < -0.4 is 9.62 Å². The summed E-state index contributed by atoms with van der Waals surface area (Å²) in [7, 11) is -3.00. The van der Waals surface area contributed by atoms with E-state index >= 15 is 0 Å². The lowest BCUT2D eigenvalue weighted by Crippen LogP contribution is -2.36. The first-order valence-electron chi connectivity index (χ1n) is 10.9. The molecule has 0 spiro atoms. The molecule has 10 heteroatoms. The highest BCUT2D eigenvalue weighted by Gasteiger charge is 2.25. The number of carbonyl (C=O) groups is 2. The number of anilines is 1. The molecule has 5 rings (SSSR count). The van der Waals surface area contributed by atoms with Crippen LogP contribution in [0.25, 0.3) is 21.7 Å². The summed E-state index contributed by atoms with van der Waals surface area (Å²) in [5, 5.41) is 1.04. The second-order valence-electron chi connectivity index (χ2n) is 8.29. The molecule has 0 aliphatic carbocycles. The number of sulfonamides is 1. The molecular weight excluding hydrogens is 475 g/mol. The maximum Gasteiger partial charge on any atom is 0.309 e. The van der Waals surface area contributed by atoms with Crippen molar-refractivity contribution in [2.24, 2.45) is 0 Å². The number of benzene rings is 3. The lowest BCUT2D eigenvalue weighted by molar-refractivity contribution is -0.139. The normalized spacial score (nSPS) is 13.6. The highest BCUT2D eigenvalue weighted by atomic mass is 32.2. The second-order valence-corrected chi connectivity index (χ2v) is 9.94. The molecular formula is C25H21FN2O6S. The SMILES string of the molecule is COC(=O)Cc1ccc2c(S(=O)(=O)NC(=O)c3cc4c(F)cc(N5CCC5)cc4o3)cccc2c1. The number of rotatable bonds is 6. The molecule has 180 valence electrons. The van der Waals surface area contributed by atoms with Crippen molar-refractivity contribution in [2.45, 2.75) is 17.7 Å². The van der Waals surface area contributed by atoms with Gasteiger partial charge in [0.1, 0.15) is 11.4 Å². The van der Waals surface area contributed by atoms with Crippen LogP contribution in [-0.2, 0) is 26.0 Å². The van der Waals surface area contributed by atoms with E-state index in [2.05, 4.69) is 4.74 Å². The van der Waals surface area contributed by atoms with Gasteiger partial charge in [0.2, 0.25) is 0 Å². The number of esters is 1. The van der Waals surface area contributed by atoms with Crippen molar-refractivity contribution in [3.8, 4) is 0 Å². The highest BCUT2D eigenvalue weighted by molar-refractivity contribution is 7.90. The molecule has 35 heavy (non-hydrogen) atoms. The van der Waals surface area contributed by atoms with E-state index in [9.17, 15) is 22.4 Å². The minimum atomic E-state index is -4.29. The lowest BCUT2D eigenvalue weighted by atomic mass is 10.1. The van der Waals surface area contributed by atoms with Crippen LogP contribution in [0.4, 0.5) is 10.1 Å². The van der Waals surface area contributed by atoms with E-state index in [-0.39, 0.29) is 28.0 Å². The zero-order valence-corrected chi connectivity index (χ0v) is 19.5. The van der Waals surface area contributed by atoms with E-state index in [4.69, 9.17) is 4.42 Å². The van der Waals surface area contributed by atoms with Crippen LogP contribution in [0.2, 0.25) is 0 Å². The molecule has 1 fully saturated rings. The topological polar surface area (TPSA) is 106 Å². The molecule has 2 heterocycles. The van der Waals surface area contributed by atoms with Gasteiger partial charge in [-0.25, -0.2) is 17.5 Å². The van der Waals surface area contributed by atoms with Gasteiger partial charge in [0.25, 0.3) is 10.0 Å². The van der Waals surface area contributed by atoms with Crippen molar-refractivity contribution in [3.63, 3.8) is 0 Å². The Balaban J connectivity index is 1.43. The van der Waals surface area contributed by atoms with Crippen LogP contribution in [-0.4, -0.2) is 40.5 Å². The Bertz CT molecular complexity index is 1590. The maximum absolute atomic E-state index is 14.6. The third-order valence-electron chi connectivity index (χ3n) is 6.01. The van der Waals surface area contributed by atoms with Crippen molar-refractivity contribution in [1.82, 2.24) is 4.72 Å². The largest absolute Gasteiger partial charge is 0.469 e. The van der Waals surface area contributed by atoms with Crippen molar-refractivity contribution in [1.29, 1.82) is 0 Å². The number of amides is 1. The highest BCUT2D eigenvalue weighted by Crippen LogP contribution is 2.31. The summed E-state index contributed by atoms with van der Waals surface area (Å²) in [6.07, 6.45) is 1.06. The monoisotopic (exact) mass is 496 g/mol. The van der Waals surface area contributed by atoms with Gasteiger partial charge in [-0.2, -0.15) is 0 Å². The zero-order valence-electron chi connectivity index (χ0n) is 18.7. The third kappa shape index (κ3) is 4.32. The Hall–Kier alpha value is -3.92. The van der Waals surface area contributed by atoms with Gasteiger partial charge in [-0.3, -0.25) is 9.59 Å². The number of hydrogen-bond donors (Lipinski definition) is 1. The molecule has 3 aromatic carbocycles. The fourth-order valence-corrected chi connectivity index (χ4v) is 5.25. The summed E-state index contributed by atoms with van der Waals surface area (Å²) in [4.78, 5) is 26.2.